The van der Waals surface area contributed by atoms with Gasteiger partial charge in [0.2, 0.25) is 0 Å². The lowest BCUT2D eigenvalue weighted by atomic mass is 9.91. The van der Waals surface area contributed by atoms with Crippen LogP contribution in [0.5, 0.6) is 0 Å². The van der Waals surface area contributed by atoms with E-state index in [2.05, 4.69) is 44.9 Å². The molecule has 0 aromatic carbocycles. The molecule has 2 N–H and O–H groups in total. The van der Waals surface area contributed by atoms with Gasteiger partial charge < -0.3 is 15.1 Å². The first kappa shape index (κ1) is 17.8. The predicted octanol–water partition coefficient (Wildman–Crippen LogP) is -0.247. The fraction of sp³-hybridized carbons (Fsp3) is 0.600. The first-order chi connectivity index (χ1) is 12.4. The van der Waals surface area contributed by atoms with Crippen LogP contribution < -0.4 is 5.32 Å². The Bertz CT molecular complexity index is 768. The molecule has 140 valence electrons. The molecule has 1 fully saturated rings. The monoisotopic (exact) mass is 361 g/mol. The van der Waals surface area contributed by atoms with Crippen molar-refractivity contribution in [1.82, 2.24) is 45.5 Å². The lowest BCUT2D eigenvalue weighted by Crippen LogP contribution is -2.46. The smallest absolute Gasteiger partial charge is 0.317 e. The highest BCUT2D eigenvalue weighted by Gasteiger charge is 2.39. The van der Waals surface area contributed by atoms with E-state index in [4.69, 9.17) is 0 Å². The van der Waals surface area contributed by atoms with Gasteiger partial charge in [0.25, 0.3) is 5.91 Å². The Kier molecular flexibility index (Phi) is 4.87. The summed E-state index contributed by atoms with van der Waals surface area (Å²) in [7, 11) is 3.39. The molecule has 0 bridgehead atoms. The Hall–Kier alpha value is -2.98. The zero-order chi connectivity index (χ0) is 18.8. The van der Waals surface area contributed by atoms with Gasteiger partial charge in [0.1, 0.15) is 11.9 Å². The minimum absolute atomic E-state index is 0.0998. The summed E-state index contributed by atoms with van der Waals surface area (Å²) in [6.07, 6.45) is 2.86. The lowest BCUT2D eigenvalue weighted by Gasteiger charge is -2.24. The number of hydrogen-bond donors (Lipinski definition) is 2. The molecule has 0 aliphatic carbocycles. The molecule has 26 heavy (non-hydrogen) atoms. The van der Waals surface area contributed by atoms with Crippen molar-refractivity contribution in [1.29, 1.82) is 0 Å². The average Bonchev–Trinajstić information content (AvgIpc) is 3.33. The van der Waals surface area contributed by atoms with E-state index >= 15 is 0 Å². The van der Waals surface area contributed by atoms with Crippen LogP contribution in [0.1, 0.15) is 24.2 Å². The molecule has 3 heterocycles. The SMILES string of the molecule is CC(C)[C@@H]1CN(C(=O)c2cn[nH]c2-n2cnnn2)C[C@H]1NC(=O)N(C)C. The van der Waals surface area contributed by atoms with Crippen LogP contribution in [0.25, 0.3) is 5.82 Å². The third kappa shape index (κ3) is 3.37. The number of aromatic nitrogens is 6. The number of urea groups is 1. The van der Waals surface area contributed by atoms with Crippen molar-refractivity contribution in [2.45, 2.75) is 19.9 Å². The lowest BCUT2D eigenvalue weighted by molar-refractivity contribution is 0.0782. The van der Waals surface area contributed by atoms with Gasteiger partial charge in [-0.2, -0.15) is 9.78 Å². The molecule has 0 unspecified atom stereocenters. The number of hydrogen-bond acceptors (Lipinski definition) is 6. The van der Waals surface area contributed by atoms with E-state index in [1.807, 2.05) is 0 Å². The van der Waals surface area contributed by atoms with Crippen LogP contribution in [0.4, 0.5) is 4.79 Å². The molecule has 11 heteroatoms. The molecule has 2 atom stereocenters. The Morgan fingerprint density at radius 1 is 1.35 bits per heavy atom. The van der Waals surface area contributed by atoms with Crippen LogP contribution in [-0.4, -0.2) is 85.4 Å². The fourth-order valence-electron chi connectivity index (χ4n) is 3.16. The topological polar surface area (TPSA) is 125 Å². The first-order valence-electron chi connectivity index (χ1n) is 8.42. The average molecular weight is 361 g/mol. The Morgan fingerprint density at radius 3 is 2.73 bits per heavy atom. The summed E-state index contributed by atoms with van der Waals surface area (Å²) in [6.45, 7) is 5.20. The molecule has 0 saturated carbocycles. The normalized spacial score (nSPS) is 19.8. The molecule has 2 aromatic rings. The van der Waals surface area contributed by atoms with Crippen LogP contribution in [0.15, 0.2) is 12.5 Å². The number of nitrogens with zero attached hydrogens (tertiary/aromatic N) is 7. The van der Waals surface area contributed by atoms with Crippen molar-refractivity contribution in [3.8, 4) is 5.82 Å². The van der Waals surface area contributed by atoms with E-state index in [-0.39, 0.29) is 23.9 Å². The van der Waals surface area contributed by atoms with Crippen LogP contribution in [-0.2, 0) is 0 Å². The summed E-state index contributed by atoms with van der Waals surface area (Å²) in [4.78, 5) is 28.3. The number of carbonyl (C=O) groups excluding carboxylic acids is 2. The summed E-state index contributed by atoms with van der Waals surface area (Å²) in [6, 6.07) is -0.259. The first-order valence-corrected chi connectivity index (χ1v) is 8.42. The molecule has 3 amide bonds. The number of amides is 3. The van der Waals surface area contributed by atoms with Crippen molar-refractivity contribution >= 4 is 11.9 Å². The standard InChI is InChI=1S/C15H23N9O2/c1-9(2)11-6-23(7-12(11)18-15(26)22(3)4)14(25)10-5-16-19-13(10)24-8-17-20-21-24/h5,8-9,11-12H,6-7H2,1-4H3,(H,16,19)(H,18,26)/t11-,12+/m0/s1. The van der Waals surface area contributed by atoms with E-state index in [1.165, 1.54) is 22.1 Å². The van der Waals surface area contributed by atoms with Crippen LogP contribution >= 0.6 is 0 Å². The van der Waals surface area contributed by atoms with Crippen LogP contribution in [0, 0.1) is 11.8 Å². The van der Waals surface area contributed by atoms with E-state index < -0.39 is 0 Å². The highest BCUT2D eigenvalue weighted by atomic mass is 16.2. The fourth-order valence-corrected chi connectivity index (χ4v) is 3.16. The molecule has 11 nitrogen and oxygen atoms in total. The Morgan fingerprint density at radius 2 is 2.12 bits per heavy atom. The number of tetrazole rings is 1. The van der Waals surface area contributed by atoms with Crippen molar-refractivity contribution < 1.29 is 9.59 Å². The maximum absolute atomic E-state index is 13.0. The molecule has 0 spiro atoms. The minimum atomic E-state index is -0.170. The number of H-pyrrole nitrogens is 1. The largest absolute Gasteiger partial charge is 0.336 e. The zero-order valence-corrected chi connectivity index (χ0v) is 15.2. The van der Waals surface area contributed by atoms with Crippen molar-refractivity contribution in [2.24, 2.45) is 11.8 Å². The number of rotatable bonds is 4. The number of likely N-dealkylation sites (tertiary alicyclic amines) is 1. The zero-order valence-electron chi connectivity index (χ0n) is 15.2. The summed E-state index contributed by atoms with van der Waals surface area (Å²) in [5.41, 5.74) is 0.388. The van der Waals surface area contributed by atoms with Gasteiger partial charge in [0, 0.05) is 33.1 Å². The third-order valence-corrected chi connectivity index (χ3v) is 4.65. The van der Waals surface area contributed by atoms with Gasteiger partial charge in [-0.3, -0.25) is 9.89 Å². The number of carbonyl (C=O) groups is 2. The Labute approximate surface area is 150 Å². The molecule has 3 rings (SSSR count). The summed E-state index contributed by atoms with van der Waals surface area (Å²) >= 11 is 0. The minimum Gasteiger partial charge on any atom is -0.336 e. The Balaban J connectivity index is 1.79. The highest BCUT2D eigenvalue weighted by molar-refractivity contribution is 5.97. The highest BCUT2D eigenvalue weighted by Crippen LogP contribution is 2.26. The molecular formula is C15H23N9O2. The van der Waals surface area contributed by atoms with Gasteiger partial charge in [-0.05, 0) is 16.3 Å². The number of nitrogens with one attached hydrogen (secondary N) is 2. The summed E-state index contributed by atoms with van der Waals surface area (Å²) < 4.78 is 1.36. The predicted molar refractivity (Wildman–Crippen MR) is 91.5 cm³/mol. The maximum atomic E-state index is 13.0. The molecule has 1 saturated heterocycles. The van der Waals surface area contributed by atoms with E-state index in [0.717, 1.165) is 0 Å². The van der Waals surface area contributed by atoms with Gasteiger partial charge >= 0.3 is 6.03 Å². The molecule has 0 radical (unpaired) electrons. The quantitative estimate of drug-likeness (QED) is 0.774. The molecule has 1 aliphatic heterocycles. The summed E-state index contributed by atoms with van der Waals surface area (Å²) in [5.74, 6) is 0.744. The van der Waals surface area contributed by atoms with Gasteiger partial charge in [0.15, 0.2) is 5.82 Å². The van der Waals surface area contributed by atoms with E-state index in [9.17, 15) is 9.59 Å². The third-order valence-electron chi connectivity index (χ3n) is 4.65. The molecule has 1 aliphatic rings. The maximum Gasteiger partial charge on any atom is 0.317 e. The van der Waals surface area contributed by atoms with Gasteiger partial charge in [-0.1, -0.05) is 13.8 Å². The van der Waals surface area contributed by atoms with Crippen LogP contribution in [0.3, 0.4) is 0 Å². The summed E-state index contributed by atoms with van der Waals surface area (Å²) in [5, 5.41) is 20.7. The van der Waals surface area contributed by atoms with Gasteiger partial charge in [0.05, 0.1) is 12.2 Å². The number of aromatic amines is 1. The van der Waals surface area contributed by atoms with Crippen molar-refractivity contribution in [3.63, 3.8) is 0 Å². The molecule has 2 aromatic heterocycles. The van der Waals surface area contributed by atoms with Gasteiger partial charge in [-0.25, -0.2) is 4.79 Å². The van der Waals surface area contributed by atoms with E-state index in [0.29, 0.717) is 30.4 Å². The molecular weight excluding hydrogens is 338 g/mol. The second-order valence-corrected chi connectivity index (χ2v) is 6.96. The van der Waals surface area contributed by atoms with Crippen molar-refractivity contribution in [2.75, 3.05) is 27.2 Å². The second-order valence-electron chi connectivity index (χ2n) is 6.96. The van der Waals surface area contributed by atoms with Crippen LogP contribution in [0.2, 0.25) is 0 Å². The second kappa shape index (κ2) is 7.10. The van der Waals surface area contributed by atoms with Gasteiger partial charge in [-0.15, -0.1) is 5.10 Å². The van der Waals surface area contributed by atoms with E-state index in [1.54, 1.807) is 19.0 Å². The van der Waals surface area contributed by atoms with Crippen molar-refractivity contribution in [3.05, 3.63) is 18.1 Å².